The minimum atomic E-state index is 0. The van der Waals surface area contributed by atoms with Crippen LogP contribution in [0.3, 0.4) is 0 Å². The van der Waals surface area contributed by atoms with Crippen molar-refractivity contribution in [1.82, 2.24) is 10.2 Å². The Morgan fingerprint density at radius 3 is 2.62 bits per heavy atom. The van der Waals surface area contributed by atoms with Crippen molar-refractivity contribution in [2.24, 2.45) is 5.73 Å². The molecule has 5 heteroatoms. The average Bonchev–Trinajstić information content (AvgIpc) is 3.27. The van der Waals surface area contributed by atoms with Gasteiger partial charge in [0.2, 0.25) is 0 Å². The van der Waals surface area contributed by atoms with Crippen molar-refractivity contribution >= 4 is 24.0 Å². The van der Waals surface area contributed by atoms with E-state index >= 15 is 0 Å². The molecule has 1 aliphatic carbocycles. The van der Waals surface area contributed by atoms with E-state index in [4.69, 9.17) is 17.3 Å². The fourth-order valence-corrected chi connectivity index (χ4v) is 4.04. The van der Waals surface area contributed by atoms with Crippen LogP contribution in [0.25, 0.3) is 11.1 Å². The molecule has 3 N–H and O–H groups in total. The van der Waals surface area contributed by atoms with Gasteiger partial charge in [0.1, 0.15) is 0 Å². The van der Waals surface area contributed by atoms with Crippen LogP contribution in [-0.2, 0) is 0 Å². The lowest BCUT2D eigenvalue weighted by atomic mass is 10.0. The van der Waals surface area contributed by atoms with E-state index in [9.17, 15) is 0 Å². The molecule has 1 saturated heterocycles. The van der Waals surface area contributed by atoms with Crippen LogP contribution in [0.5, 0.6) is 0 Å². The summed E-state index contributed by atoms with van der Waals surface area (Å²) in [7, 11) is 0. The third kappa shape index (κ3) is 4.79. The summed E-state index contributed by atoms with van der Waals surface area (Å²) in [5.74, 6) is 0.661. The van der Waals surface area contributed by atoms with Crippen molar-refractivity contribution in [3.63, 3.8) is 0 Å². The molecule has 2 fully saturated rings. The van der Waals surface area contributed by atoms with Gasteiger partial charge in [-0.05, 0) is 48.2 Å². The zero-order valence-corrected chi connectivity index (χ0v) is 16.5. The van der Waals surface area contributed by atoms with Crippen molar-refractivity contribution in [3.05, 3.63) is 59.1 Å². The van der Waals surface area contributed by atoms with E-state index < -0.39 is 0 Å². The first-order valence-corrected chi connectivity index (χ1v) is 9.64. The smallest absolute Gasteiger partial charge is 0.0412 e. The third-order valence-electron chi connectivity index (χ3n) is 5.43. The third-order valence-corrected chi connectivity index (χ3v) is 5.67. The maximum atomic E-state index is 6.09. The molecule has 0 radical (unpaired) electrons. The molecule has 0 spiro atoms. The number of benzene rings is 2. The summed E-state index contributed by atoms with van der Waals surface area (Å²) in [6.45, 7) is 4.39. The van der Waals surface area contributed by atoms with Crippen LogP contribution in [0.15, 0.2) is 48.5 Å². The molecule has 4 rings (SSSR count). The number of nitrogens with zero attached hydrogens (tertiary/aromatic N) is 1. The Hall–Kier alpha value is -1.10. The second-order valence-electron chi connectivity index (χ2n) is 7.38. The van der Waals surface area contributed by atoms with E-state index in [-0.39, 0.29) is 12.4 Å². The molecule has 1 heterocycles. The van der Waals surface area contributed by atoms with E-state index in [1.165, 1.54) is 23.1 Å². The van der Waals surface area contributed by atoms with Gasteiger partial charge in [-0.1, -0.05) is 48.0 Å². The van der Waals surface area contributed by atoms with Gasteiger partial charge in [0, 0.05) is 42.7 Å². The molecule has 3 nitrogen and oxygen atoms in total. The SMILES string of the molecule is Cl.NC1CCN(CCNC2CC2c2ccc(-c3cccc(Cl)c3)cc2)C1. The van der Waals surface area contributed by atoms with Crippen molar-refractivity contribution in [3.8, 4) is 11.1 Å². The van der Waals surface area contributed by atoms with Crippen molar-refractivity contribution in [1.29, 1.82) is 0 Å². The van der Waals surface area contributed by atoms with Crippen LogP contribution in [0.1, 0.15) is 24.3 Å². The van der Waals surface area contributed by atoms with Crippen LogP contribution in [-0.4, -0.2) is 43.2 Å². The maximum Gasteiger partial charge on any atom is 0.0412 e. The van der Waals surface area contributed by atoms with Crippen molar-refractivity contribution in [2.45, 2.75) is 30.8 Å². The summed E-state index contributed by atoms with van der Waals surface area (Å²) in [5.41, 5.74) is 9.79. The number of rotatable bonds is 6. The molecule has 0 aromatic heterocycles. The lowest BCUT2D eigenvalue weighted by Gasteiger charge is -2.15. The predicted octanol–water partition coefficient (Wildman–Crippen LogP) is 3.91. The van der Waals surface area contributed by atoms with Gasteiger partial charge in [0.05, 0.1) is 0 Å². The normalized spacial score (nSPS) is 25.1. The number of likely N-dealkylation sites (tertiary alicyclic amines) is 1. The molecular weight excluding hydrogens is 365 g/mol. The number of hydrogen-bond donors (Lipinski definition) is 2. The van der Waals surface area contributed by atoms with E-state index in [1.54, 1.807) is 0 Å². The second kappa shape index (κ2) is 8.73. The molecule has 0 bridgehead atoms. The lowest BCUT2D eigenvalue weighted by molar-refractivity contribution is 0.331. The van der Waals surface area contributed by atoms with Crippen molar-refractivity contribution in [2.75, 3.05) is 26.2 Å². The van der Waals surface area contributed by atoms with Gasteiger partial charge in [-0.3, -0.25) is 0 Å². The zero-order chi connectivity index (χ0) is 17.2. The van der Waals surface area contributed by atoms with Crippen LogP contribution in [0, 0.1) is 0 Å². The first-order valence-electron chi connectivity index (χ1n) is 9.26. The highest BCUT2D eigenvalue weighted by molar-refractivity contribution is 6.30. The molecule has 2 aliphatic rings. The Morgan fingerprint density at radius 2 is 1.92 bits per heavy atom. The Kier molecular flexibility index (Phi) is 6.60. The van der Waals surface area contributed by atoms with E-state index in [0.717, 1.165) is 37.6 Å². The van der Waals surface area contributed by atoms with Gasteiger partial charge in [0.15, 0.2) is 0 Å². The number of nitrogens with two attached hydrogens (primary N) is 1. The van der Waals surface area contributed by atoms with Crippen LogP contribution < -0.4 is 11.1 Å². The predicted molar refractivity (Wildman–Crippen MR) is 112 cm³/mol. The summed E-state index contributed by atoms with van der Waals surface area (Å²) in [6, 6.07) is 18.0. The Balaban J connectivity index is 0.00000196. The minimum Gasteiger partial charge on any atom is -0.326 e. The Labute approximate surface area is 167 Å². The molecule has 26 heavy (non-hydrogen) atoms. The quantitative estimate of drug-likeness (QED) is 0.783. The fraction of sp³-hybridized carbons (Fsp3) is 0.429. The molecule has 3 atom stereocenters. The molecule has 1 aliphatic heterocycles. The van der Waals surface area contributed by atoms with Gasteiger partial charge in [0.25, 0.3) is 0 Å². The molecule has 2 aromatic carbocycles. The topological polar surface area (TPSA) is 41.3 Å². The Morgan fingerprint density at radius 1 is 1.12 bits per heavy atom. The van der Waals surface area contributed by atoms with Crippen LogP contribution >= 0.6 is 24.0 Å². The first-order chi connectivity index (χ1) is 12.2. The van der Waals surface area contributed by atoms with Crippen LogP contribution in [0.2, 0.25) is 5.02 Å². The highest BCUT2D eigenvalue weighted by Gasteiger charge is 2.37. The number of hydrogen-bond acceptors (Lipinski definition) is 3. The largest absolute Gasteiger partial charge is 0.326 e. The van der Waals surface area contributed by atoms with Crippen LogP contribution in [0.4, 0.5) is 0 Å². The standard InChI is InChI=1S/C21H26ClN3.ClH/c22-18-3-1-2-17(12-18)15-4-6-16(7-5-15)20-13-21(20)24-9-11-25-10-8-19(23)14-25;/h1-7,12,19-21,24H,8-11,13-14,23H2;1H. The molecule has 140 valence electrons. The first kappa shape index (κ1) is 19.7. The van der Waals surface area contributed by atoms with Gasteiger partial charge < -0.3 is 16.0 Å². The highest BCUT2D eigenvalue weighted by Crippen LogP contribution is 2.41. The van der Waals surface area contributed by atoms with Crippen molar-refractivity contribution < 1.29 is 0 Å². The number of halogens is 2. The summed E-state index contributed by atoms with van der Waals surface area (Å²) < 4.78 is 0. The van der Waals surface area contributed by atoms with E-state index in [0.29, 0.717) is 18.0 Å². The van der Waals surface area contributed by atoms with E-state index in [2.05, 4.69) is 40.5 Å². The zero-order valence-electron chi connectivity index (χ0n) is 14.9. The maximum absolute atomic E-state index is 6.09. The molecule has 0 amide bonds. The Bertz CT molecular complexity index is 719. The second-order valence-corrected chi connectivity index (χ2v) is 7.82. The van der Waals surface area contributed by atoms with Gasteiger partial charge in [-0.2, -0.15) is 0 Å². The summed E-state index contributed by atoms with van der Waals surface area (Å²) in [5, 5.41) is 4.48. The lowest BCUT2D eigenvalue weighted by Crippen LogP contribution is -2.33. The number of nitrogens with one attached hydrogen (secondary N) is 1. The molecule has 1 saturated carbocycles. The average molecular weight is 392 g/mol. The fourth-order valence-electron chi connectivity index (χ4n) is 3.85. The van der Waals surface area contributed by atoms with E-state index in [1.807, 2.05) is 18.2 Å². The monoisotopic (exact) mass is 391 g/mol. The summed E-state index contributed by atoms with van der Waals surface area (Å²) >= 11 is 6.09. The minimum absolute atomic E-state index is 0. The highest BCUT2D eigenvalue weighted by atomic mass is 35.5. The van der Waals surface area contributed by atoms with Gasteiger partial charge >= 0.3 is 0 Å². The summed E-state index contributed by atoms with van der Waals surface area (Å²) in [4.78, 5) is 2.47. The molecular formula is C21H27Cl2N3. The molecule has 3 unspecified atom stereocenters. The summed E-state index contributed by atoms with van der Waals surface area (Å²) in [6.07, 6.45) is 2.39. The molecule has 2 aromatic rings. The van der Waals surface area contributed by atoms with Gasteiger partial charge in [-0.25, -0.2) is 0 Å². The van der Waals surface area contributed by atoms with Gasteiger partial charge in [-0.15, -0.1) is 12.4 Å².